The van der Waals surface area contributed by atoms with E-state index in [1.165, 1.54) is 5.56 Å². The molecule has 3 heteroatoms. The predicted octanol–water partition coefficient (Wildman–Crippen LogP) is 4.26. The third kappa shape index (κ3) is 2.32. The highest BCUT2D eigenvalue weighted by molar-refractivity contribution is 5.96. The molecular formula is C21H20O3. The zero-order valence-electron chi connectivity index (χ0n) is 14.1. The summed E-state index contributed by atoms with van der Waals surface area (Å²) >= 11 is 0. The Morgan fingerprint density at radius 1 is 1.08 bits per heavy atom. The van der Waals surface area contributed by atoms with Crippen LogP contribution < -0.4 is 9.47 Å². The third-order valence-electron chi connectivity index (χ3n) is 4.98. The molecule has 3 nitrogen and oxygen atoms in total. The van der Waals surface area contributed by atoms with Crippen molar-refractivity contribution in [3.63, 3.8) is 0 Å². The van der Waals surface area contributed by atoms with E-state index in [2.05, 4.69) is 19.9 Å². The lowest BCUT2D eigenvalue weighted by atomic mass is 9.73. The number of fused-ring (bicyclic) bond motifs is 3. The zero-order chi connectivity index (χ0) is 16.9. The van der Waals surface area contributed by atoms with E-state index in [1.54, 1.807) is 0 Å². The second-order valence-electron chi connectivity index (χ2n) is 6.94. The number of ketones is 1. The Bertz CT molecular complexity index is 848. The molecule has 0 N–H and O–H groups in total. The van der Waals surface area contributed by atoms with Gasteiger partial charge in [-0.3, -0.25) is 4.79 Å². The minimum Gasteiger partial charge on any atom is -0.488 e. The first-order chi connectivity index (χ1) is 11.5. The minimum atomic E-state index is -0.338. The number of carbonyl (C=O) groups is 1. The van der Waals surface area contributed by atoms with Crippen molar-refractivity contribution in [2.24, 2.45) is 0 Å². The van der Waals surface area contributed by atoms with Crippen molar-refractivity contribution in [1.29, 1.82) is 0 Å². The van der Waals surface area contributed by atoms with Crippen LogP contribution in [0.5, 0.6) is 11.5 Å². The van der Waals surface area contributed by atoms with E-state index in [9.17, 15) is 4.79 Å². The highest BCUT2D eigenvalue weighted by Gasteiger charge is 2.49. The Balaban J connectivity index is 1.73. The lowest BCUT2D eigenvalue weighted by Crippen LogP contribution is -2.40. The van der Waals surface area contributed by atoms with Crippen LogP contribution in [0.4, 0.5) is 0 Å². The fourth-order valence-corrected chi connectivity index (χ4v) is 3.48. The first-order valence-electron chi connectivity index (χ1n) is 8.24. The summed E-state index contributed by atoms with van der Waals surface area (Å²) in [4.78, 5) is 12.5. The van der Waals surface area contributed by atoms with Crippen LogP contribution in [-0.4, -0.2) is 11.9 Å². The maximum atomic E-state index is 12.5. The topological polar surface area (TPSA) is 35.5 Å². The summed E-state index contributed by atoms with van der Waals surface area (Å²) < 4.78 is 11.9. The third-order valence-corrected chi connectivity index (χ3v) is 4.98. The normalized spacial score (nSPS) is 24.7. The number of hydrogen-bond acceptors (Lipinski definition) is 3. The molecule has 24 heavy (non-hydrogen) atoms. The van der Waals surface area contributed by atoms with Crippen LogP contribution in [0.3, 0.4) is 0 Å². The molecule has 2 atom stereocenters. The first kappa shape index (κ1) is 15.0. The number of carbonyl (C=O) groups excluding carboxylic acids is 1. The summed E-state index contributed by atoms with van der Waals surface area (Å²) in [5.41, 5.74) is 3.14. The van der Waals surface area contributed by atoms with Crippen LogP contribution in [0.15, 0.2) is 54.3 Å². The Morgan fingerprint density at radius 2 is 1.79 bits per heavy atom. The molecule has 1 heterocycles. The number of aryl methyl sites for hydroxylation is 2. The van der Waals surface area contributed by atoms with Crippen molar-refractivity contribution >= 4 is 5.78 Å². The number of benzene rings is 2. The molecule has 0 aromatic heterocycles. The molecule has 2 aliphatic rings. The molecule has 2 aromatic rings. The van der Waals surface area contributed by atoms with Crippen LogP contribution in [0.2, 0.25) is 0 Å². The van der Waals surface area contributed by atoms with Gasteiger partial charge >= 0.3 is 0 Å². The summed E-state index contributed by atoms with van der Waals surface area (Å²) in [6.45, 7) is 6.21. The monoisotopic (exact) mass is 320 g/mol. The van der Waals surface area contributed by atoms with Gasteiger partial charge in [-0.25, -0.2) is 0 Å². The summed E-state index contributed by atoms with van der Waals surface area (Å²) in [6, 6.07) is 13.9. The van der Waals surface area contributed by atoms with Gasteiger partial charge in [0.2, 0.25) is 5.78 Å². The van der Waals surface area contributed by atoms with E-state index in [1.807, 2.05) is 49.4 Å². The van der Waals surface area contributed by atoms with Gasteiger partial charge in [0.25, 0.3) is 0 Å². The Kier molecular flexibility index (Phi) is 3.27. The van der Waals surface area contributed by atoms with Crippen molar-refractivity contribution < 1.29 is 14.3 Å². The molecule has 0 saturated heterocycles. The van der Waals surface area contributed by atoms with Crippen LogP contribution in [0, 0.1) is 13.8 Å². The second kappa shape index (κ2) is 5.23. The molecule has 122 valence electrons. The molecule has 1 aliphatic carbocycles. The van der Waals surface area contributed by atoms with Gasteiger partial charge in [-0.05, 0) is 45.0 Å². The van der Waals surface area contributed by atoms with Crippen molar-refractivity contribution in [2.75, 3.05) is 0 Å². The molecule has 0 bridgehead atoms. The van der Waals surface area contributed by atoms with Crippen LogP contribution in [0.1, 0.15) is 30.0 Å². The molecule has 4 rings (SSSR count). The van der Waals surface area contributed by atoms with E-state index in [4.69, 9.17) is 9.47 Å². The van der Waals surface area contributed by atoms with E-state index in [0.717, 1.165) is 16.9 Å². The van der Waals surface area contributed by atoms with Gasteiger partial charge in [0, 0.05) is 5.56 Å². The Labute approximate surface area is 141 Å². The molecule has 2 unspecified atom stereocenters. The van der Waals surface area contributed by atoms with Gasteiger partial charge in [-0.1, -0.05) is 35.4 Å². The number of Topliss-reactive ketones (excluding diaryl/α,β-unsaturated/α-hetero) is 1. The Hall–Kier alpha value is -2.55. The van der Waals surface area contributed by atoms with E-state index in [-0.39, 0.29) is 17.3 Å². The van der Waals surface area contributed by atoms with Gasteiger partial charge in [0.05, 0.1) is 11.8 Å². The number of hydrogen-bond donors (Lipinski definition) is 0. The van der Waals surface area contributed by atoms with Crippen molar-refractivity contribution in [2.45, 2.75) is 38.7 Å². The summed E-state index contributed by atoms with van der Waals surface area (Å²) in [5, 5.41) is 0. The molecule has 0 amide bonds. The van der Waals surface area contributed by atoms with Crippen LogP contribution >= 0.6 is 0 Å². The highest BCUT2D eigenvalue weighted by atomic mass is 16.5. The number of allylic oxidation sites excluding steroid dienone is 1. The summed E-state index contributed by atoms with van der Waals surface area (Å²) in [6.07, 6.45) is 2.11. The fourth-order valence-electron chi connectivity index (χ4n) is 3.48. The van der Waals surface area contributed by atoms with Gasteiger partial charge in [-0.15, -0.1) is 0 Å². The number of ether oxygens (including phenoxy) is 2. The van der Waals surface area contributed by atoms with Gasteiger partial charge in [0.1, 0.15) is 17.6 Å². The molecule has 2 aromatic carbocycles. The molecule has 1 aliphatic heterocycles. The molecule has 0 fully saturated rings. The molecule has 0 radical (unpaired) electrons. The number of rotatable bonds is 2. The van der Waals surface area contributed by atoms with E-state index in [0.29, 0.717) is 17.9 Å². The Morgan fingerprint density at radius 3 is 2.54 bits per heavy atom. The van der Waals surface area contributed by atoms with Gasteiger partial charge < -0.3 is 9.47 Å². The highest BCUT2D eigenvalue weighted by Crippen LogP contribution is 2.48. The maximum Gasteiger partial charge on any atom is 0.201 e. The molecule has 0 spiro atoms. The smallest absolute Gasteiger partial charge is 0.201 e. The quantitative estimate of drug-likeness (QED) is 0.829. The van der Waals surface area contributed by atoms with Crippen LogP contribution in [0.25, 0.3) is 0 Å². The average molecular weight is 320 g/mol. The molecule has 0 saturated carbocycles. The predicted molar refractivity (Wildman–Crippen MR) is 92.5 cm³/mol. The SMILES string of the molecule is Cc1ccc(OC2=CC3(C)c4cc(C)ccc4OC3CC2=O)cc1. The molecular weight excluding hydrogens is 300 g/mol. The summed E-state index contributed by atoms with van der Waals surface area (Å²) in [5.74, 6) is 1.96. The van der Waals surface area contributed by atoms with E-state index >= 15 is 0 Å². The summed E-state index contributed by atoms with van der Waals surface area (Å²) in [7, 11) is 0. The standard InChI is InChI=1S/C21H20O3/c1-13-4-7-15(8-5-13)23-19-12-21(3)16-10-14(2)6-9-18(16)24-20(21)11-17(19)22/h4-10,12,20H,11H2,1-3H3. The van der Waals surface area contributed by atoms with Gasteiger partial charge in [0.15, 0.2) is 5.76 Å². The lowest BCUT2D eigenvalue weighted by Gasteiger charge is -2.31. The first-order valence-corrected chi connectivity index (χ1v) is 8.24. The lowest BCUT2D eigenvalue weighted by molar-refractivity contribution is -0.120. The van der Waals surface area contributed by atoms with Crippen LogP contribution in [-0.2, 0) is 10.2 Å². The maximum absolute atomic E-state index is 12.5. The largest absolute Gasteiger partial charge is 0.488 e. The minimum absolute atomic E-state index is 0.0115. The van der Waals surface area contributed by atoms with Crippen molar-refractivity contribution in [3.8, 4) is 11.5 Å². The second-order valence-corrected chi connectivity index (χ2v) is 6.94. The fraction of sp³-hybridized carbons (Fsp3) is 0.286. The zero-order valence-corrected chi connectivity index (χ0v) is 14.1. The van der Waals surface area contributed by atoms with Gasteiger partial charge in [-0.2, -0.15) is 0 Å². The van der Waals surface area contributed by atoms with E-state index < -0.39 is 0 Å². The average Bonchev–Trinajstić information content (AvgIpc) is 2.82. The van der Waals surface area contributed by atoms with Crippen molar-refractivity contribution in [3.05, 3.63) is 71.0 Å². The van der Waals surface area contributed by atoms with Crippen molar-refractivity contribution in [1.82, 2.24) is 0 Å².